The molecule has 0 spiro atoms. The Morgan fingerprint density at radius 2 is 0.692 bits per heavy atom. The van der Waals surface area contributed by atoms with Crippen LogP contribution in [0.25, 0.3) is 0 Å². The van der Waals surface area contributed by atoms with E-state index in [9.17, 15) is 19.0 Å². The summed E-state index contributed by atoms with van der Waals surface area (Å²) < 4.78 is 34.5. The van der Waals surface area contributed by atoms with Gasteiger partial charge in [0.2, 0.25) is 0 Å². The first-order chi connectivity index (χ1) is 38.0. The molecule has 444 valence electrons. The van der Waals surface area contributed by atoms with E-state index in [0.717, 1.165) is 116 Å². The fraction of sp³-hybridized carbons (Fsp3) is 0.647. The van der Waals surface area contributed by atoms with Crippen LogP contribution in [0.15, 0.2) is 134 Å². The highest BCUT2D eigenvalue weighted by Gasteiger charge is 2.27. The number of hydrogen-bond acceptors (Lipinski definition) is 7. The van der Waals surface area contributed by atoms with E-state index in [-0.39, 0.29) is 26.1 Å². The lowest BCUT2D eigenvalue weighted by Gasteiger charge is -2.24. The molecule has 2 atom stereocenters. The molecule has 0 saturated carbocycles. The third-order valence-corrected chi connectivity index (χ3v) is 13.7. The third kappa shape index (κ3) is 61.4. The first kappa shape index (κ1) is 74.2. The van der Waals surface area contributed by atoms with Gasteiger partial charge in [0.1, 0.15) is 19.8 Å². The van der Waals surface area contributed by atoms with Gasteiger partial charge < -0.3 is 18.9 Å². The molecule has 2 unspecified atom stereocenters. The molecule has 0 aliphatic rings. The number of unbranched alkanes of at least 4 members (excludes halogenated alkanes) is 19. The summed E-state index contributed by atoms with van der Waals surface area (Å²) in [5.41, 5.74) is 0. The lowest BCUT2D eigenvalue weighted by molar-refractivity contribution is -0.870. The van der Waals surface area contributed by atoms with Gasteiger partial charge in [0.25, 0.3) is 0 Å². The second-order valence-corrected chi connectivity index (χ2v) is 22.8. The number of esters is 2. The minimum Gasteiger partial charge on any atom is -0.462 e. The van der Waals surface area contributed by atoms with E-state index in [4.69, 9.17) is 18.5 Å². The van der Waals surface area contributed by atoms with Crippen molar-refractivity contribution in [2.75, 3.05) is 47.5 Å². The largest absolute Gasteiger partial charge is 0.472 e. The summed E-state index contributed by atoms with van der Waals surface area (Å²) in [4.78, 5) is 35.7. The number of phosphoric ester groups is 1. The van der Waals surface area contributed by atoms with E-state index in [1.54, 1.807) is 0 Å². The molecular formula is C68H115NO8P+. The second-order valence-electron chi connectivity index (χ2n) is 21.3. The van der Waals surface area contributed by atoms with E-state index in [2.05, 4.69) is 148 Å². The SMILES string of the molecule is CC/C=C\C/C=C\C/C=C\C/C=C\C/C=C\C/C=C\C/C=C\CCCCCCCCCCCCCCCCCC(=O)OC(COC(=O)CCCCCC/C=C\C/C=C\C/C=C\C/C=C\CC)COP(=O)(O)OCC[N+](C)(C)C. The standard InChI is InChI=1S/C68H114NO8P/c1-6-8-10-12-14-16-18-20-22-24-25-26-27-28-29-30-31-32-33-34-35-36-37-38-39-40-41-42-43-45-47-49-51-53-55-57-59-61-68(71)77-66(65-76-78(72,73)75-63-62-69(3,4)5)64-74-67(70)60-58-56-54-52-50-48-46-44-23-21-19-17-15-13-11-9-7-2/h8-11,14-17,20-23,25-26,28-29,31-32,34-35,46,48,66H,6-7,12-13,18-19,24,27,30,33,36-45,47,49-65H2,1-5H3/p+1/b10-8-,11-9-,16-14-,17-15-,22-20-,23-21-,26-25-,29-28-,32-31-,35-34-,48-46-. The van der Waals surface area contributed by atoms with Gasteiger partial charge >= 0.3 is 19.8 Å². The van der Waals surface area contributed by atoms with Crippen molar-refractivity contribution in [3.63, 3.8) is 0 Å². The molecule has 78 heavy (non-hydrogen) atoms. The molecule has 0 heterocycles. The van der Waals surface area contributed by atoms with Crippen LogP contribution in [0.4, 0.5) is 0 Å². The molecule has 0 aromatic rings. The smallest absolute Gasteiger partial charge is 0.462 e. The first-order valence-electron chi connectivity index (χ1n) is 30.9. The van der Waals surface area contributed by atoms with Crippen LogP contribution in [0.3, 0.4) is 0 Å². The summed E-state index contributed by atoms with van der Waals surface area (Å²) in [6, 6.07) is 0. The van der Waals surface area contributed by atoms with Crippen LogP contribution >= 0.6 is 7.82 Å². The predicted molar refractivity (Wildman–Crippen MR) is 334 cm³/mol. The Bertz CT molecular complexity index is 1780. The number of quaternary nitrogens is 1. The number of rotatable bonds is 55. The Labute approximate surface area is 479 Å². The molecule has 1 N–H and O–H groups in total. The number of likely N-dealkylation sites (N-methyl/N-ethyl adjacent to an activating group) is 1. The van der Waals surface area contributed by atoms with Crippen molar-refractivity contribution >= 4 is 19.8 Å². The van der Waals surface area contributed by atoms with Crippen LogP contribution in [0.1, 0.15) is 232 Å². The van der Waals surface area contributed by atoms with Crippen molar-refractivity contribution in [2.45, 2.75) is 238 Å². The molecule has 0 amide bonds. The van der Waals surface area contributed by atoms with E-state index >= 15 is 0 Å². The fourth-order valence-electron chi connectivity index (χ4n) is 7.99. The van der Waals surface area contributed by atoms with Gasteiger partial charge in [-0.3, -0.25) is 18.6 Å². The maximum absolute atomic E-state index is 12.8. The van der Waals surface area contributed by atoms with E-state index in [1.165, 1.54) is 77.0 Å². The first-order valence-corrected chi connectivity index (χ1v) is 32.4. The van der Waals surface area contributed by atoms with Crippen LogP contribution in [0, 0.1) is 0 Å². The lowest BCUT2D eigenvalue weighted by Crippen LogP contribution is -2.37. The topological polar surface area (TPSA) is 108 Å². The molecule has 0 saturated heterocycles. The molecule has 0 radical (unpaired) electrons. The second kappa shape index (κ2) is 57.8. The summed E-state index contributed by atoms with van der Waals surface area (Å²) in [6.45, 7) is 4.17. The number of hydrogen-bond donors (Lipinski definition) is 1. The van der Waals surface area contributed by atoms with Crippen LogP contribution < -0.4 is 0 Å². The molecule has 0 fully saturated rings. The van der Waals surface area contributed by atoms with Crippen LogP contribution in [-0.4, -0.2) is 74.9 Å². The van der Waals surface area contributed by atoms with Gasteiger partial charge in [0.15, 0.2) is 6.10 Å². The molecule has 0 bridgehead atoms. The number of allylic oxidation sites excluding steroid dienone is 22. The Kier molecular flexibility index (Phi) is 55.0. The number of ether oxygens (including phenoxy) is 2. The third-order valence-electron chi connectivity index (χ3n) is 12.7. The van der Waals surface area contributed by atoms with E-state index < -0.39 is 32.5 Å². The van der Waals surface area contributed by atoms with Gasteiger partial charge in [-0.2, -0.15) is 0 Å². The highest BCUT2D eigenvalue weighted by molar-refractivity contribution is 7.47. The van der Waals surface area contributed by atoms with Crippen molar-refractivity contribution in [2.24, 2.45) is 0 Å². The summed E-state index contributed by atoms with van der Waals surface area (Å²) in [5, 5.41) is 0. The van der Waals surface area contributed by atoms with E-state index in [0.29, 0.717) is 23.9 Å². The Balaban J connectivity index is 4.08. The van der Waals surface area contributed by atoms with Gasteiger partial charge in [-0.15, -0.1) is 0 Å². The number of phosphoric acid groups is 1. The van der Waals surface area contributed by atoms with Crippen molar-refractivity contribution in [3.05, 3.63) is 134 Å². The average molecular weight is 1110 g/mol. The molecule has 0 aliphatic carbocycles. The number of carbonyl (C=O) groups is 2. The Morgan fingerprint density at radius 1 is 0.397 bits per heavy atom. The Morgan fingerprint density at radius 3 is 1.03 bits per heavy atom. The maximum Gasteiger partial charge on any atom is 0.472 e. The molecular weight excluding hydrogens is 990 g/mol. The zero-order valence-electron chi connectivity index (χ0n) is 50.3. The number of nitrogens with zero attached hydrogens (tertiary/aromatic N) is 1. The zero-order valence-corrected chi connectivity index (χ0v) is 51.2. The maximum atomic E-state index is 12.8. The highest BCUT2D eigenvalue weighted by Crippen LogP contribution is 2.43. The van der Waals surface area contributed by atoms with Gasteiger partial charge in [-0.25, -0.2) is 4.57 Å². The van der Waals surface area contributed by atoms with E-state index in [1.807, 2.05) is 21.1 Å². The molecule has 9 nitrogen and oxygen atoms in total. The molecule has 0 aliphatic heterocycles. The van der Waals surface area contributed by atoms with Crippen molar-refractivity contribution < 1.29 is 42.1 Å². The quantitative estimate of drug-likeness (QED) is 0.0211. The average Bonchev–Trinajstić information content (AvgIpc) is 3.41. The minimum absolute atomic E-state index is 0.0216. The van der Waals surface area contributed by atoms with Crippen molar-refractivity contribution in [1.82, 2.24) is 0 Å². The van der Waals surface area contributed by atoms with Gasteiger partial charge in [0.05, 0.1) is 27.7 Å². The van der Waals surface area contributed by atoms with Crippen LogP contribution in [0.5, 0.6) is 0 Å². The summed E-state index contributed by atoms with van der Waals surface area (Å²) in [6.07, 6.45) is 83.9. The zero-order chi connectivity index (χ0) is 57.0. The summed E-state index contributed by atoms with van der Waals surface area (Å²) in [7, 11) is 1.45. The minimum atomic E-state index is -4.40. The summed E-state index contributed by atoms with van der Waals surface area (Å²) in [5.74, 6) is -0.831. The number of carbonyl (C=O) groups excluding carboxylic acids is 2. The predicted octanol–water partition coefficient (Wildman–Crippen LogP) is 19.7. The molecule has 10 heteroatoms. The van der Waals surface area contributed by atoms with Crippen molar-refractivity contribution in [3.8, 4) is 0 Å². The molecule has 0 rings (SSSR count). The summed E-state index contributed by atoms with van der Waals surface area (Å²) >= 11 is 0. The van der Waals surface area contributed by atoms with Crippen LogP contribution in [-0.2, 0) is 32.7 Å². The van der Waals surface area contributed by atoms with Gasteiger partial charge in [-0.1, -0.05) is 244 Å². The lowest BCUT2D eigenvalue weighted by atomic mass is 10.0. The highest BCUT2D eigenvalue weighted by atomic mass is 31.2. The molecule has 0 aromatic heterocycles. The van der Waals surface area contributed by atoms with Gasteiger partial charge in [-0.05, 0) is 109 Å². The van der Waals surface area contributed by atoms with Crippen molar-refractivity contribution in [1.29, 1.82) is 0 Å². The van der Waals surface area contributed by atoms with Gasteiger partial charge in [0, 0.05) is 12.8 Å². The molecule has 0 aromatic carbocycles. The monoisotopic (exact) mass is 1100 g/mol. The fourth-order valence-corrected chi connectivity index (χ4v) is 8.73. The normalized spacial score (nSPS) is 14.2. The Hall–Kier alpha value is -3.85. The van der Waals surface area contributed by atoms with Crippen LogP contribution in [0.2, 0.25) is 0 Å².